The van der Waals surface area contributed by atoms with Crippen LogP contribution in [-0.4, -0.2) is 41.5 Å². The highest BCUT2D eigenvalue weighted by Gasteiger charge is 2.35. The van der Waals surface area contributed by atoms with Crippen molar-refractivity contribution in [3.63, 3.8) is 0 Å². The van der Waals surface area contributed by atoms with E-state index in [9.17, 15) is 9.18 Å². The van der Waals surface area contributed by atoms with Crippen LogP contribution < -0.4 is 5.32 Å². The Morgan fingerprint density at radius 3 is 2.86 bits per heavy atom. The van der Waals surface area contributed by atoms with Crippen molar-refractivity contribution < 1.29 is 9.18 Å². The first-order valence-electron chi connectivity index (χ1n) is 7.78. The summed E-state index contributed by atoms with van der Waals surface area (Å²) in [5.74, 6) is 0.103. The van der Waals surface area contributed by atoms with Crippen molar-refractivity contribution in [2.45, 2.75) is 18.9 Å². The molecule has 2 bridgehead atoms. The van der Waals surface area contributed by atoms with Crippen molar-refractivity contribution in [1.82, 2.24) is 15.2 Å². The molecule has 4 heterocycles. The maximum absolute atomic E-state index is 13.6. The van der Waals surface area contributed by atoms with E-state index in [0.717, 1.165) is 32.5 Å². The molecule has 0 aliphatic carbocycles. The Morgan fingerprint density at radius 1 is 1.32 bits per heavy atom. The van der Waals surface area contributed by atoms with Crippen molar-refractivity contribution in [3.05, 3.63) is 42.0 Å². The highest BCUT2D eigenvalue weighted by Crippen LogP contribution is 2.27. The molecule has 114 valence electrons. The number of benzene rings is 1. The predicted molar refractivity (Wildman–Crippen MR) is 82.1 cm³/mol. The summed E-state index contributed by atoms with van der Waals surface area (Å²) in [7, 11) is 0. The van der Waals surface area contributed by atoms with E-state index in [1.165, 1.54) is 12.3 Å². The van der Waals surface area contributed by atoms with Crippen LogP contribution in [0.25, 0.3) is 10.8 Å². The number of hydrogen-bond donors (Lipinski definition) is 1. The Morgan fingerprint density at radius 2 is 2.14 bits per heavy atom. The fraction of sp³-hybridized carbons (Fsp3) is 0.412. The molecule has 0 radical (unpaired) electrons. The summed E-state index contributed by atoms with van der Waals surface area (Å²) >= 11 is 0. The summed E-state index contributed by atoms with van der Waals surface area (Å²) in [6.45, 7) is 3.22. The van der Waals surface area contributed by atoms with E-state index in [0.29, 0.717) is 22.4 Å². The van der Waals surface area contributed by atoms with Gasteiger partial charge in [0.05, 0.1) is 0 Å². The zero-order valence-corrected chi connectivity index (χ0v) is 12.3. The smallest absolute Gasteiger partial charge is 0.270 e. The third-order valence-corrected chi connectivity index (χ3v) is 4.92. The molecule has 1 amide bonds. The lowest BCUT2D eigenvalue weighted by Crippen LogP contribution is -2.57. The fourth-order valence-electron chi connectivity index (χ4n) is 3.63. The molecular formula is C17H18FN3O. The summed E-state index contributed by atoms with van der Waals surface area (Å²) in [5, 5.41) is 4.26. The molecule has 4 nitrogen and oxygen atoms in total. The molecule has 1 aromatic heterocycles. The van der Waals surface area contributed by atoms with E-state index in [-0.39, 0.29) is 17.8 Å². The molecule has 3 aliphatic rings. The topological polar surface area (TPSA) is 45.2 Å². The van der Waals surface area contributed by atoms with Crippen molar-refractivity contribution in [2.75, 3.05) is 19.6 Å². The van der Waals surface area contributed by atoms with E-state index in [4.69, 9.17) is 0 Å². The van der Waals surface area contributed by atoms with E-state index >= 15 is 0 Å². The van der Waals surface area contributed by atoms with Crippen molar-refractivity contribution in [1.29, 1.82) is 0 Å². The first-order chi connectivity index (χ1) is 10.7. The minimum Gasteiger partial charge on any atom is -0.346 e. The zero-order chi connectivity index (χ0) is 15.1. The van der Waals surface area contributed by atoms with Gasteiger partial charge in [0, 0.05) is 24.2 Å². The van der Waals surface area contributed by atoms with Gasteiger partial charge in [0.25, 0.3) is 5.91 Å². The lowest BCUT2D eigenvalue weighted by molar-refractivity contribution is 0.0618. The van der Waals surface area contributed by atoms with Crippen LogP contribution in [-0.2, 0) is 0 Å². The second kappa shape index (κ2) is 5.32. The number of carbonyl (C=O) groups excluding carboxylic acids is 1. The third-order valence-electron chi connectivity index (χ3n) is 4.92. The van der Waals surface area contributed by atoms with Gasteiger partial charge in [-0.25, -0.2) is 4.39 Å². The molecule has 3 aliphatic heterocycles. The van der Waals surface area contributed by atoms with Gasteiger partial charge in [0.1, 0.15) is 11.5 Å². The van der Waals surface area contributed by atoms with Crippen LogP contribution in [0, 0.1) is 11.7 Å². The number of pyridine rings is 1. The summed E-state index contributed by atoms with van der Waals surface area (Å²) < 4.78 is 13.6. The summed E-state index contributed by atoms with van der Waals surface area (Å²) in [6, 6.07) is 6.71. The Hall–Kier alpha value is -2.01. The first kappa shape index (κ1) is 13.6. The van der Waals surface area contributed by atoms with E-state index in [1.54, 1.807) is 18.2 Å². The number of nitrogens with zero attached hydrogens (tertiary/aromatic N) is 2. The molecule has 3 saturated heterocycles. The van der Waals surface area contributed by atoms with Gasteiger partial charge in [-0.05, 0) is 49.4 Å². The van der Waals surface area contributed by atoms with Gasteiger partial charge < -0.3 is 10.2 Å². The van der Waals surface area contributed by atoms with Gasteiger partial charge in [0.2, 0.25) is 0 Å². The van der Waals surface area contributed by atoms with Crippen molar-refractivity contribution in [2.24, 2.45) is 5.92 Å². The van der Waals surface area contributed by atoms with Gasteiger partial charge in [-0.3, -0.25) is 9.78 Å². The highest BCUT2D eigenvalue weighted by atomic mass is 19.1. The standard InChI is InChI=1S/C17H18FN3O/c18-14-3-1-2-12-8-15(19-9-13(12)14)17(22)20-16-10-21-6-4-11(16)5-7-21/h1-3,8-9,11,16H,4-7,10H2,(H,20,22)/t16-/m1/s1. The number of fused-ring (bicyclic) bond motifs is 4. The number of hydrogen-bond acceptors (Lipinski definition) is 3. The largest absolute Gasteiger partial charge is 0.346 e. The molecule has 0 saturated carbocycles. The molecule has 3 fully saturated rings. The average molecular weight is 299 g/mol. The van der Waals surface area contributed by atoms with Gasteiger partial charge in [-0.2, -0.15) is 0 Å². The second-order valence-electron chi connectivity index (χ2n) is 6.25. The first-order valence-corrected chi connectivity index (χ1v) is 7.78. The minimum absolute atomic E-state index is 0.162. The lowest BCUT2D eigenvalue weighted by atomic mass is 9.84. The van der Waals surface area contributed by atoms with Crippen molar-refractivity contribution >= 4 is 16.7 Å². The Bertz CT molecular complexity index is 725. The molecular weight excluding hydrogens is 281 g/mol. The molecule has 1 N–H and O–H groups in total. The normalized spacial score (nSPS) is 27.0. The van der Waals surface area contributed by atoms with Crippen molar-refractivity contribution in [3.8, 4) is 0 Å². The quantitative estimate of drug-likeness (QED) is 0.924. The predicted octanol–water partition coefficient (Wildman–Crippen LogP) is 2.20. The molecule has 2 aromatic rings. The molecule has 0 unspecified atom stereocenters. The Balaban J connectivity index is 1.55. The van der Waals surface area contributed by atoms with Crippen LogP contribution in [0.5, 0.6) is 0 Å². The number of nitrogens with one attached hydrogen (secondary N) is 1. The molecule has 1 aromatic carbocycles. The zero-order valence-electron chi connectivity index (χ0n) is 12.3. The van der Waals surface area contributed by atoms with Gasteiger partial charge >= 0.3 is 0 Å². The summed E-state index contributed by atoms with van der Waals surface area (Å²) in [4.78, 5) is 19.0. The number of halogens is 1. The number of amides is 1. The van der Waals surface area contributed by atoms with Gasteiger partial charge in [-0.1, -0.05) is 12.1 Å². The van der Waals surface area contributed by atoms with Gasteiger partial charge in [0.15, 0.2) is 0 Å². The molecule has 5 rings (SSSR count). The Kier molecular flexibility index (Phi) is 3.30. The SMILES string of the molecule is O=C(N[C@@H]1CN2CCC1CC2)c1cc2cccc(F)c2cn1. The highest BCUT2D eigenvalue weighted by molar-refractivity contribution is 5.96. The molecule has 1 atom stereocenters. The van der Waals surface area contributed by atoms with Gasteiger partial charge in [-0.15, -0.1) is 0 Å². The lowest BCUT2D eigenvalue weighted by Gasteiger charge is -2.44. The van der Waals surface area contributed by atoms with Crippen LogP contribution in [0.2, 0.25) is 0 Å². The molecule has 5 heteroatoms. The fourth-order valence-corrected chi connectivity index (χ4v) is 3.63. The van der Waals surface area contributed by atoms with E-state index in [1.807, 2.05) is 0 Å². The number of aromatic nitrogens is 1. The number of piperidine rings is 3. The van der Waals surface area contributed by atoms with Crippen LogP contribution in [0.1, 0.15) is 23.3 Å². The Labute approximate surface area is 128 Å². The van der Waals surface area contributed by atoms with Crippen LogP contribution in [0.4, 0.5) is 4.39 Å². The monoisotopic (exact) mass is 299 g/mol. The second-order valence-corrected chi connectivity index (χ2v) is 6.25. The summed E-state index contributed by atoms with van der Waals surface area (Å²) in [5.41, 5.74) is 0.356. The minimum atomic E-state index is -0.311. The van der Waals surface area contributed by atoms with Crippen LogP contribution in [0.15, 0.2) is 30.5 Å². The third kappa shape index (κ3) is 2.35. The molecule has 22 heavy (non-hydrogen) atoms. The molecule has 0 spiro atoms. The van der Waals surface area contributed by atoms with Crippen LogP contribution in [0.3, 0.4) is 0 Å². The van der Waals surface area contributed by atoms with Crippen LogP contribution >= 0.6 is 0 Å². The maximum Gasteiger partial charge on any atom is 0.270 e. The summed E-state index contributed by atoms with van der Waals surface area (Å²) in [6.07, 6.45) is 3.75. The maximum atomic E-state index is 13.6. The average Bonchev–Trinajstić information content (AvgIpc) is 2.56. The number of rotatable bonds is 2. The van der Waals surface area contributed by atoms with E-state index in [2.05, 4.69) is 15.2 Å². The number of carbonyl (C=O) groups is 1. The van der Waals surface area contributed by atoms with E-state index < -0.39 is 0 Å².